The Morgan fingerprint density at radius 3 is 2.68 bits per heavy atom. The summed E-state index contributed by atoms with van der Waals surface area (Å²) in [6, 6.07) is 5.52. The Bertz CT molecular complexity index is 748. The Kier molecular flexibility index (Phi) is 3.85. The average Bonchev–Trinajstić information content (AvgIpc) is 2.53. The van der Waals surface area contributed by atoms with E-state index in [4.69, 9.17) is 10.5 Å². The zero-order chi connectivity index (χ0) is 15.7. The molecule has 0 aromatic carbocycles. The molecule has 22 heavy (non-hydrogen) atoms. The van der Waals surface area contributed by atoms with Gasteiger partial charge in [-0.3, -0.25) is 14.3 Å². The monoisotopic (exact) mass is 300 g/mol. The fourth-order valence-corrected chi connectivity index (χ4v) is 2.71. The summed E-state index contributed by atoms with van der Waals surface area (Å²) in [5.41, 5.74) is 8.99. The molecule has 1 aliphatic heterocycles. The first kappa shape index (κ1) is 14.6. The van der Waals surface area contributed by atoms with E-state index in [-0.39, 0.29) is 5.56 Å². The summed E-state index contributed by atoms with van der Waals surface area (Å²) in [5.74, 6) is 0.896. The maximum Gasteiger partial charge on any atom is 0.252 e. The fraction of sp³-hybridized carbons (Fsp3) is 0.375. The van der Waals surface area contributed by atoms with Crippen LogP contribution >= 0.6 is 0 Å². The van der Waals surface area contributed by atoms with Crippen LogP contribution in [0.25, 0.3) is 11.1 Å². The van der Waals surface area contributed by atoms with Gasteiger partial charge in [-0.15, -0.1) is 0 Å². The number of ether oxygens (including phenoxy) is 1. The molecule has 3 rings (SSSR count). The molecular formula is C16H20N4O2. The van der Waals surface area contributed by atoms with Gasteiger partial charge in [0, 0.05) is 37.5 Å². The normalized spacial score (nSPS) is 15.1. The molecule has 3 heterocycles. The third kappa shape index (κ3) is 2.69. The van der Waals surface area contributed by atoms with Crippen molar-refractivity contribution in [3.05, 3.63) is 40.4 Å². The maximum atomic E-state index is 12.3. The van der Waals surface area contributed by atoms with Gasteiger partial charge in [0.2, 0.25) is 0 Å². The molecule has 0 aliphatic carbocycles. The Morgan fingerprint density at radius 2 is 1.95 bits per heavy atom. The molecule has 116 valence electrons. The second-order valence-electron chi connectivity index (χ2n) is 5.50. The number of hydrogen-bond acceptors (Lipinski definition) is 5. The number of rotatable bonds is 2. The lowest BCUT2D eigenvalue weighted by molar-refractivity contribution is 0.122. The summed E-state index contributed by atoms with van der Waals surface area (Å²) in [5, 5.41) is 0. The topological polar surface area (TPSA) is 73.4 Å². The van der Waals surface area contributed by atoms with Gasteiger partial charge in [0.15, 0.2) is 0 Å². The summed E-state index contributed by atoms with van der Waals surface area (Å²) < 4.78 is 7.06. The second-order valence-corrected chi connectivity index (χ2v) is 5.50. The van der Waals surface area contributed by atoms with Gasteiger partial charge >= 0.3 is 0 Å². The Balaban J connectivity index is 2.11. The van der Waals surface area contributed by atoms with E-state index < -0.39 is 0 Å². The molecule has 1 saturated heterocycles. The summed E-state index contributed by atoms with van der Waals surface area (Å²) in [7, 11) is 1.79. The minimum Gasteiger partial charge on any atom is -0.397 e. The van der Waals surface area contributed by atoms with E-state index >= 15 is 0 Å². The molecule has 0 amide bonds. The smallest absolute Gasteiger partial charge is 0.252 e. The number of pyridine rings is 2. The third-order valence-corrected chi connectivity index (χ3v) is 3.99. The Hall–Kier alpha value is -2.34. The van der Waals surface area contributed by atoms with Gasteiger partial charge in [-0.05, 0) is 24.6 Å². The first-order valence-electron chi connectivity index (χ1n) is 7.32. The number of morpholine rings is 1. The molecule has 2 aromatic rings. The van der Waals surface area contributed by atoms with Gasteiger partial charge in [-0.25, -0.2) is 0 Å². The zero-order valence-electron chi connectivity index (χ0n) is 12.9. The highest BCUT2D eigenvalue weighted by atomic mass is 16.5. The quantitative estimate of drug-likeness (QED) is 0.901. The van der Waals surface area contributed by atoms with Crippen LogP contribution < -0.4 is 16.2 Å². The van der Waals surface area contributed by atoms with Crippen molar-refractivity contribution in [3.8, 4) is 11.1 Å². The first-order valence-corrected chi connectivity index (χ1v) is 7.32. The van der Waals surface area contributed by atoms with Gasteiger partial charge in [0.1, 0.15) is 5.82 Å². The van der Waals surface area contributed by atoms with E-state index in [0.29, 0.717) is 18.9 Å². The molecule has 0 saturated carbocycles. The van der Waals surface area contributed by atoms with Crippen molar-refractivity contribution < 1.29 is 4.74 Å². The van der Waals surface area contributed by atoms with Crippen LogP contribution in [0.1, 0.15) is 5.69 Å². The van der Waals surface area contributed by atoms with Gasteiger partial charge in [-0.1, -0.05) is 0 Å². The fourth-order valence-electron chi connectivity index (χ4n) is 2.71. The molecule has 1 fully saturated rings. The lowest BCUT2D eigenvalue weighted by atomic mass is 10.0. The van der Waals surface area contributed by atoms with Crippen molar-refractivity contribution in [3.63, 3.8) is 0 Å². The molecule has 0 bridgehead atoms. The van der Waals surface area contributed by atoms with Crippen LogP contribution in [0.5, 0.6) is 0 Å². The third-order valence-electron chi connectivity index (χ3n) is 3.99. The molecule has 0 atom stereocenters. The standard InChI is InChI=1S/C16H20N4O2/c1-11-14(9-13(17)10-18-11)12-7-15(19(2)16(21)8-12)20-3-5-22-6-4-20/h7-10H,3-6,17H2,1-2H3. The molecule has 0 unspecified atom stereocenters. The van der Waals surface area contributed by atoms with Crippen molar-refractivity contribution in [1.29, 1.82) is 0 Å². The van der Waals surface area contributed by atoms with Gasteiger partial charge in [0.25, 0.3) is 5.56 Å². The van der Waals surface area contributed by atoms with E-state index in [1.165, 1.54) is 0 Å². The van der Waals surface area contributed by atoms with Crippen molar-refractivity contribution >= 4 is 11.5 Å². The number of nitrogens with zero attached hydrogens (tertiary/aromatic N) is 3. The van der Waals surface area contributed by atoms with E-state index in [9.17, 15) is 4.79 Å². The number of aryl methyl sites for hydroxylation is 1. The molecule has 2 N–H and O–H groups in total. The van der Waals surface area contributed by atoms with Crippen LogP contribution in [0.15, 0.2) is 29.2 Å². The van der Waals surface area contributed by atoms with Crippen LogP contribution in [0.4, 0.5) is 11.5 Å². The van der Waals surface area contributed by atoms with E-state index in [2.05, 4.69) is 9.88 Å². The van der Waals surface area contributed by atoms with Crippen LogP contribution in [-0.2, 0) is 11.8 Å². The number of hydrogen-bond donors (Lipinski definition) is 1. The number of nitrogens with two attached hydrogens (primary N) is 1. The summed E-state index contributed by atoms with van der Waals surface area (Å²) in [6.45, 7) is 4.84. The number of aromatic nitrogens is 2. The van der Waals surface area contributed by atoms with E-state index in [0.717, 1.165) is 35.7 Å². The van der Waals surface area contributed by atoms with E-state index in [1.807, 2.05) is 19.1 Å². The molecule has 2 aromatic heterocycles. The molecule has 0 spiro atoms. The van der Waals surface area contributed by atoms with E-state index in [1.54, 1.807) is 23.9 Å². The Morgan fingerprint density at radius 1 is 1.23 bits per heavy atom. The molecule has 6 nitrogen and oxygen atoms in total. The van der Waals surface area contributed by atoms with Crippen molar-refractivity contribution in [2.75, 3.05) is 36.9 Å². The molecule has 1 aliphatic rings. The van der Waals surface area contributed by atoms with Crippen molar-refractivity contribution in [2.45, 2.75) is 6.92 Å². The minimum atomic E-state index is -0.0409. The highest BCUT2D eigenvalue weighted by molar-refractivity contribution is 5.71. The zero-order valence-corrected chi connectivity index (χ0v) is 12.9. The summed E-state index contributed by atoms with van der Waals surface area (Å²) in [4.78, 5) is 18.8. The van der Waals surface area contributed by atoms with Crippen LogP contribution in [-0.4, -0.2) is 35.9 Å². The SMILES string of the molecule is Cc1ncc(N)cc1-c1cc(N2CCOCC2)n(C)c(=O)c1. The number of anilines is 2. The summed E-state index contributed by atoms with van der Waals surface area (Å²) in [6.07, 6.45) is 1.63. The minimum absolute atomic E-state index is 0.0409. The molecular weight excluding hydrogens is 280 g/mol. The summed E-state index contributed by atoms with van der Waals surface area (Å²) >= 11 is 0. The molecule has 0 radical (unpaired) electrons. The first-order chi connectivity index (χ1) is 10.6. The lowest BCUT2D eigenvalue weighted by Crippen LogP contribution is -2.39. The maximum absolute atomic E-state index is 12.3. The van der Waals surface area contributed by atoms with Gasteiger partial charge in [-0.2, -0.15) is 0 Å². The molecule has 6 heteroatoms. The predicted octanol–water partition coefficient (Wildman–Crippen LogP) is 1.17. The second kappa shape index (κ2) is 5.81. The predicted molar refractivity (Wildman–Crippen MR) is 87.1 cm³/mol. The lowest BCUT2D eigenvalue weighted by Gasteiger charge is -2.30. The average molecular weight is 300 g/mol. The van der Waals surface area contributed by atoms with Crippen molar-refractivity contribution in [1.82, 2.24) is 9.55 Å². The van der Waals surface area contributed by atoms with Crippen LogP contribution in [0.3, 0.4) is 0 Å². The Labute approximate surface area is 129 Å². The largest absolute Gasteiger partial charge is 0.397 e. The van der Waals surface area contributed by atoms with Crippen LogP contribution in [0, 0.1) is 6.92 Å². The van der Waals surface area contributed by atoms with Crippen molar-refractivity contribution in [2.24, 2.45) is 7.05 Å². The van der Waals surface area contributed by atoms with Crippen LogP contribution in [0.2, 0.25) is 0 Å². The van der Waals surface area contributed by atoms with Gasteiger partial charge < -0.3 is 15.4 Å². The highest BCUT2D eigenvalue weighted by Crippen LogP contribution is 2.26. The highest BCUT2D eigenvalue weighted by Gasteiger charge is 2.16. The number of nitrogen functional groups attached to an aromatic ring is 1. The van der Waals surface area contributed by atoms with Gasteiger partial charge in [0.05, 0.1) is 25.1 Å².